The van der Waals surface area contributed by atoms with Crippen LogP contribution in [0.25, 0.3) is 0 Å². The van der Waals surface area contributed by atoms with Gasteiger partial charge in [-0.05, 0) is 56.2 Å². The molecule has 0 saturated carbocycles. The van der Waals surface area contributed by atoms with Crippen LogP contribution in [-0.4, -0.2) is 39.4 Å². The summed E-state index contributed by atoms with van der Waals surface area (Å²) >= 11 is 0. The highest BCUT2D eigenvalue weighted by molar-refractivity contribution is 5.94. The van der Waals surface area contributed by atoms with Crippen LogP contribution < -0.4 is 24.3 Å². The monoisotopic (exact) mass is 409 g/mol. The first-order valence-electron chi connectivity index (χ1n) is 9.28. The van der Waals surface area contributed by atoms with Crippen molar-refractivity contribution in [3.05, 3.63) is 47.5 Å². The molecule has 2 aromatic carbocycles. The van der Waals surface area contributed by atoms with E-state index in [1.165, 1.54) is 25.3 Å². The molecule has 0 bridgehead atoms. The van der Waals surface area contributed by atoms with Crippen LogP contribution in [0.3, 0.4) is 0 Å². The summed E-state index contributed by atoms with van der Waals surface area (Å²) in [5.74, 6) is 0.861. The number of hydrogen-bond acceptors (Lipinski definition) is 5. The third-order valence-corrected chi connectivity index (χ3v) is 3.95. The van der Waals surface area contributed by atoms with Gasteiger partial charge in [-0.1, -0.05) is 6.07 Å². The number of halogens is 2. The third-order valence-electron chi connectivity index (χ3n) is 3.95. The first-order valence-corrected chi connectivity index (χ1v) is 9.28. The number of benzene rings is 2. The quantitative estimate of drug-likeness (QED) is 0.606. The fraction of sp³-hybridized carbons (Fsp3) is 0.381. The Hall–Kier alpha value is -3.03. The molecule has 0 unspecified atom stereocenters. The maximum Gasteiger partial charge on any atom is 0.387 e. The number of carbonyl (C=O) groups excluding carboxylic acids is 1. The van der Waals surface area contributed by atoms with Gasteiger partial charge in [-0.15, -0.1) is 0 Å². The Morgan fingerprint density at radius 1 is 0.966 bits per heavy atom. The van der Waals surface area contributed by atoms with Crippen molar-refractivity contribution in [2.24, 2.45) is 0 Å². The third kappa shape index (κ3) is 6.51. The second kappa shape index (κ2) is 11.1. The van der Waals surface area contributed by atoms with E-state index in [4.69, 9.17) is 14.2 Å². The molecule has 0 spiro atoms. The van der Waals surface area contributed by atoms with Crippen LogP contribution in [0.2, 0.25) is 0 Å². The summed E-state index contributed by atoms with van der Waals surface area (Å²) in [7, 11) is 1.33. The molecule has 0 aliphatic carbocycles. The zero-order valence-electron chi connectivity index (χ0n) is 16.7. The molecule has 0 atom stereocenters. The lowest BCUT2D eigenvalue weighted by Gasteiger charge is -2.13. The zero-order valence-corrected chi connectivity index (χ0v) is 16.7. The van der Waals surface area contributed by atoms with E-state index in [1.807, 2.05) is 32.0 Å². The van der Waals surface area contributed by atoms with Crippen LogP contribution in [0.4, 0.5) is 8.78 Å². The Morgan fingerprint density at radius 3 is 2.31 bits per heavy atom. The first kappa shape index (κ1) is 22.3. The molecule has 29 heavy (non-hydrogen) atoms. The standard InChI is InChI=1S/C21H25F2NO5/c1-4-27-17-8-6-14(12-18(17)28-5-2)10-11-24-20(25)15-7-9-16(26-3)19(13-15)29-21(22)23/h6-9,12-13,21H,4-5,10-11H2,1-3H3,(H,24,25). The van der Waals surface area contributed by atoms with Gasteiger partial charge in [0.25, 0.3) is 5.91 Å². The average Bonchev–Trinajstić information content (AvgIpc) is 2.69. The van der Waals surface area contributed by atoms with E-state index in [-0.39, 0.29) is 17.1 Å². The summed E-state index contributed by atoms with van der Waals surface area (Å²) in [6.45, 7) is 2.19. The molecular weight excluding hydrogens is 384 g/mol. The van der Waals surface area contributed by atoms with Crippen molar-refractivity contribution in [2.45, 2.75) is 26.9 Å². The predicted molar refractivity (Wildman–Crippen MR) is 104 cm³/mol. The normalized spacial score (nSPS) is 10.6. The van der Waals surface area contributed by atoms with E-state index in [9.17, 15) is 13.6 Å². The summed E-state index contributed by atoms with van der Waals surface area (Å²) in [6, 6.07) is 9.74. The molecule has 0 aromatic heterocycles. The Bertz CT molecular complexity index is 814. The Morgan fingerprint density at radius 2 is 1.66 bits per heavy atom. The number of ether oxygens (including phenoxy) is 4. The summed E-state index contributed by atoms with van der Waals surface area (Å²) in [5, 5.41) is 2.76. The van der Waals surface area contributed by atoms with Crippen LogP contribution in [-0.2, 0) is 6.42 Å². The van der Waals surface area contributed by atoms with Crippen molar-refractivity contribution in [1.82, 2.24) is 5.32 Å². The molecule has 2 rings (SSSR count). The molecule has 0 aliphatic rings. The highest BCUT2D eigenvalue weighted by atomic mass is 19.3. The van der Waals surface area contributed by atoms with Crippen molar-refractivity contribution in [3.63, 3.8) is 0 Å². The van der Waals surface area contributed by atoms with Gasteiger partial charge in [0.2, 0.25) is 0 Å². The fourth-order valence-electron chi connectivity index (χ4n) is 2.68. The van der Waals surface area contributed by atoms with Gasteiger partial charge in [0.05, 0.1) is 20.3 Å². The van der Waals surface area contributed by atoms with E-state index in [0.29, 0.717) is 37.7 Å². The maximum absolute atomic E-state index is 12.5. The van der Waals surface area contributed by atoms with Gasteiger partial charge in [0.15, 0.2) is 23.0 Å². The average molecular weight is 409 g/mol. The van der Waals surface area contributed by atoms with Crippen LogP contribution in [0.1, 0.15) is 29.8 Å². The molecule has 6 nitrogen and oxygen atoms in total. The Labute approximate surface area is 168 Å². The van der Waals surface area contributed by atoms with Gasteiger partial charge in [-0.3, -0.25) is 4.79 Å². The second-order valence-electron chi connectivity index (χ2n) is 5.90. The predicted octanol–water partition coefficient (Wildman–Crippen LogP) is 4.07. The summed E-state index contributed by atoms with van der Waals surface area (Å²) in [6.07, 6.45) is 0.564. The molecule has 0 radical (unpaired) electrons. The number of alkyl halides is 2. The molecule has 158 valence electrons. The molecule has 0 aliphatic heterocycles. The van der Waals surface area contributed by atoms with Crippen molar-refractivity contribution >= 4 is 5.91 Å². The molecule has 0 heterocycles. The van der Waals surface area contributed by atoms with Crippen LogP contribution in [0, 0.1) is 0 Å². The minimum atomic E-state index is -3.01. The lowest BCUT2D eigenvalue weighted by atomic mass is 10.1. The molecule has 0 saturated heterocycles. The topological polar surface area (TPSA) is 66.0 Å². The Kier molecular flexibility index (Phi) is 8.51. The molecule has 0 fully saturated rings. The van der Waals surface area contributed by atoms with Crippen LogP contribution >= 0.6 is 0 Å². The summed E-state index contributed by atoms with van der Waals surface area (Å²) in [5.41, 5.74) is 1.16. The largest absolute Gasteiger partial charge is 0.493 e. The van der Waals surface area contributed by atoms with Gasteiger partial charge >= 0.3 is 6.61 Å². The van der Waals surface area contributed by atoms with Crippen LogP contribution in [0.5, 0.6) is 23.0 Å². The SMILES string of the molecule is CCOc1ccc(CCNC(=O)c2ccc(OC)c(OC(F)F)c2)cc1OCC. The zero-order chi connectivity index (χ0) is 21.2. The minimum Gasteiger partial charge on any atom is -0.493 e. The van der Waals surface area contributed by atoms with E-state index in [1.54, 1.807) is 0 Å². The van der Waals surface area contributed by atoms with Gasteiger partial charge < -0.3 is 24.3 Å². The smallest absolute Gasteiger partial charge is 0.387 e. The highest BCUT2D eigenvalue weighted by Crippen LogP contribution is 2.30. The maximum atomic E-state index is 12.5. The van der Waals surface area contributed by atoms with E-state index < -0.39 is 12.5 Å². The highest BCUT2D eigenvalue weighted by Gasteiger charge is 2.14. The minimum absolute atomic E-state index is 0.125. The molecular formula is C21H25F2NO5. The van der Waals surface area contributed by atoms with E-state index in [2.05, 4.69) is 10.1 Å². The molecule has 1 N–H and O–H groups in total. The van der Waals surface area contributed by atoms with Crippen molar-refractivity contribution in [1.29, 1.82) is 0 Å². The van der Waals surface area contributed by atoms with Crippen molar-refractivity contribution in [2.75, 3.05) is 26.9 Å². The number of amides is 1. The number of rotatable bonds is 11. The lowest BCUT2D eigenvalue weighted by Crippen LogP contribution is -2.25. The molecule has 1 amide bonds. The summed E-state index contributed by atoms with van der Waals surface area (Å²) < 4.78 is 45.5. The Balaban J connectivity index is 2.00. The molecule has 8 heteroatoms. The van der Waals surface area contributed by atoms with E-state index >= 15 is 0 Å². The fourth-order valence-corrected chi connectivity index (χ4v) is 2.68. The first-order chi connectivity index (χ1) is 14.0. The summed E-state index contributed by atoms with van der Waals surface area (Å²) in [4.78, 5) is 12.3. The number of carbonyl (C=O) groups is 1. The van der Waals surface area contributed by atoms with Crippen LogP contribution in [0.15, 0.2) is 36.4 Å². The van der Waals surface area contributed by atoms with Gasteiger partial charge in [0, 0.05) is 12.1 Å². The number of methoxy groups -OCH3 is 1. The van der Waals surface area contributed by atoms with Gasteiger partial charge in [0.1, 0.15) is 0 Å². The van der Waals surface area contributed by atoms with Gasteiger partial charge in [-0.2, -0.15) is 8.78 Å². The number of nitrogens with one attached hydrogen (secondary N) is 1. The van der Waals surface area contributed by atoms with Crippen molar-refractivity contribution < 1.29 is 32.5 Å². The molecule has 2 aromatic rings. The number of hydrogen-bond donors (Lipinski definition) is 1. The van der Waals surface area contributed by atoms with Crippen molar-refractivity contribution in [3.8, 4) is 23.0 Å². The lowest BCUT2D eigenvalue weighted by molar-refractivity contribution is -0.0512. The van der Waals surface area contributed by atoms with Gasteiger partial charge in [-0.25, -0.2) is 0 Å². The van der Waals surface area contributed by atoms with E-state index in [0.717, 1.165) is 5.56 Å². The second-order valence-corrected chi connectivity index (χ2v) is 5.90.